The van der Waals surface area contributed by atoms with Crippen molar-refractivity contribution in [2.75, 3.05) is 0 Å². The summed E-state index contributed by atoms with van der Waals surface area (Å²) in [6, 6.07) is 2.51. The van der Waals surface area contributed by atoms with E-state index in [1.807, 2.05) is 0 Å². The lowest BCUT2D eigenvalue weighted by Gasteiger charge is -2.39. The smallest absolute Gasteiger partial charge is 0.274 e. The molecule has 1 aliphatic rings. The van der Waals surface area contributed by atoms with Crippen LogP contribution in [0.2, 0.25) is 0 Å². The van der Waals surface area contributed by atoms with Crippen LogP contribution in [-0.2, 0) is 15.8 Å². The number of nitro benzene ring substituents is 1. The molecule has 0 aromatic heterocycles. The molecule has 1 saturated carbocycles. The van der Waals surface area contributed by atoms with Gasteiger partial charge in [-0.25, -0.2) is 0 Å². The van der Waals surface area contributed by atoms with Crippen molar-refractivity contribution in [2.24, 2.45) is 0 Å². The molecule has 1 aromatic rings. The van der Waals surface area contributed by atoms with E-state index in [1.165, 1.54) is 6.07 Å². The van der Waals surface area contributed by atoms with Crippen molar-refractivity contribution in [2.45, 2.75) is 43.8 Å². The van der Waals surface area contributed by atoms with E-state index in [-0.39, 0.29) is 16.8 Å². The Kier molecular flexibility index (Phi) is 4.99. The van der Waals surface area contributed by atoms with Crippen LogP contribution in [0.15, 0.2) is 12.1 Å². The van der Waals surface area contributed by atoms with Crippen molar-refractivity contribution >= 4 is 33.6 Å². The van der Waals surface area contributed by atoms with Gasteiger partial charge in [-0.05, 0) is 54.1 Å². The summed E-state index contributed by atoms with van der Waals surface area (Å²) in [5.41, 5.74) is 0.265. The third kappa shape index (κ3) is 2.93. The highest BCUT2D eigenvalue weighted by atomic mass is 35.5. The van der Waals surface area contributed by atoms with Gasteiger partial charge in [-0.3, -0.25) is 19.1 Å². The summed E-state index contributed by atoms with van der Waals surface area (Å²) in [5, 5.41) is 10.6. The summed E-state index contributed by atoms with van der Waals surface area (Å²) in [4.78, 5) is 22.1. The third-order valence-corrected chi connectivity index (χ3v) is 5.69. The summed E-state index contributed by atoms with van der Waals surface area (Å²) in [6.07, 6.45) is 2.99. The number of nitro groups is 1. The molecule has 6 nitrogen and oxygen atoms in total. The second kappa shape index (κ2) is 6.44. The van der Waals surface area contributed by atoms with E-state index >= 15 is 0 Å². The summed E-state index contributed by atoms with van der Waals surface area (Å²) in [5.74, 6) is 0. The zero-order valence-corrected chi connectivity index (χ0v) is 13.5. The van der Waals surface area contributed by atoms with Crippen LogP contribution in [0.25, 0.3) is 0 Å². The molecule has 1 fully saturated rings. The zero-order chi connectivity index (χ0) is 16.5. The first kappa shape index (κ1) is 17.1. The van der Waals surface area contributed by atoms with Crippen molar-refractivity contribution in [3.63, 3.8) is 0 Å². The van der Waals surface area contributed by atoms with Gasteiger partial charge in [0.25, 0.3) is 10.9 Å². The number of hydrogen-bond acceptors (Lipinski definition) is 5. The molecular formula is C14H15ClNO5S-. The maximum absolute atomic E-state index is 11.9. The fourth-order valence-corrected chi connectivity index (χ4v) is 4.24. The predicted molar refractivity (Wildman–Crippen MR) is 81.7 cm³/mol. The lowest BCUT2D eigenvalue weighted by atomic mass is 9.81. The Hall–Kier alpha value is -1.31. The van der Waals surface area contributed by atoms with Crippen molar-refractivity contribution in [1.82, 2.24) is 0 Å². The molecular weight excluding hydrogens is 330 g/mol. The van der Waals surface area contributed by atoms with Crippen molar-refractivity contribution in [1.29, 1.82) is 0 Å². The summed E-state index contributed by atoms with van der Waals surface area (Å²) in [7, 11) is 0. The number of carbonyl (C=O) groups is 1. The lowest BCUT2D eigenvalue weighted by molar-refractivity contribution is -0.386. The second-order valence-corrected chi connectivity index (χ2v) is 7.10. The SMILES string of the molecule is Cc1cc(C2(S(=O)[O-])CCCCC2)c([N+](=O)[O-])cc1C(=O)Cl. The topological polar surface area (TPSA) is 100 Å². The average Bonchev–Trinajstić information content (AvgIpc) is 2.46. The molecule has 0 spiro atoms. The number of halogens is 1. The predicted octanol–water partition coefficient (Wildman–Crippen LogP) is 3.32. The van der Waals surface area contributed by atoms with Gasteiger partial charge in [0.05, 0.1) is 9.67 Å². The van der Waals surface area contributed by atoms with Gasteiger partial charge in [0.15, 0.2) is 0 Å². The first-order chi connectivity index (χ1) is 10.3. The van der Waals surface area contributed by atoms with E-state index in [4.69, 9.17) is 11.6 Å². The zero-order valence-electron chi connectivity index (χ0n) is 12.0. The van der Waals surface area contributed by atoms with E-state index in [0.717, 1.165) is 12.5 Å². The van der Waals surface area contributed by atoms with E-state index < -0.39 is 26.0 Å². The number of carbonyl (C=O) groups excluding carboxylic acids is 1. The Balaban J connectivity index is 2.71. The standard InChI is InChI=1S/C14H16ClNO5S/c1-9-7-11(12(16(18)19)8-10(9)13(15)17)14(22(20)21)5-3-2-4-6-14/h7-8H,2-6H2,1H3,(H,20,21)/p-1. The Morgan fingerprint density at radius 1 is 1.32 bits per heavy atom. The van der Waals surface area contributed by atoms with Gasteiger partial charge in [0.2, 0.25) is 0 Å². The molecule has 0 radical (unpaired) electrons. The van der Waals surface area contributed by atoms with E-state index in [2.05, 4.69) is 0 Å². The van der Waals surface area contributed by atoms with E-state index in [1.54, 1.807) is 6.92 Å². The van der Waals surface area contributed by atoms with Crippen LogP contribution in [0, 0.1) is 17.0 Å². The van der Waals surface area contributed by atoms with Crippen LogP contribution in [0.1, 0.15) is 53.6 Å². The number of benzene rings is 1. The Morgan fingerprint density at radius 2 is 1.91 bits per heavy atom. The number of rotatable bonds is 4. The molecule has 0 aliphatic heterocycles. The minimum absolute atomic E-state index is 0.0276. The largest absolute Gasteiger partial charge is 0.772 e. The molecule has 120 valence electrons. The van der Waals surface area contributed by atoms with Crippen LogP contribution in [0.4, 0.5) is 5.69 Å². The van der Waals surface area contributed by atoms with Crippen LogP contribution < -0.4 is 0 Å². The Bertz CT molecular complexity index is 655. The molecule has 8 heteroatoms. The maximum atomic E-state index is 11.9. The van der Waals surface area contributed by atoms with Gasteiger partial charge < -0.3 is 4.55 Å². The molecule has 1 aromatic carbocycles. The Labute approximate surface area is 135 Å². The maximum Gasteiger partial charge on any atom is 0.274 e. The molecule has 0 heterocycles. The molecule has 2 rings (SSSR count). The third-order valence-electron chi connectivity index (χ3n) is 4.22. The average molecular weight is 345 g/mol. The van der Waals surface area contributed by atoms with Gasteiger partial charge in [-0.15, -0.1) is 0 Å². The fraction of sp³-hybridized carbons (Fsp3) is 0.500. The first-order valence-electron chi connectivity index (χ1n) is 6.88. The van der Waals surface area contributed by atoms with Crippen molar-refractivity contribution < 1.29 is 18.5 Å². The Morgan fingerprint density at radius 3 is 2.36 bits per heavy atom. The van der Waals surface area contributed by atoms with Gasteiger partial charge in [0, 0.05) is 17.2 Å². The summed E-state index contributed by atoms with van der Waals surface area (Å²) >= 11 is 2.95. The summed E-state index contributed by atoms with van der Waals surface area (Å²) in [6.45, 7) is 1.59. The molecule has 1 unspecified atom stereocenters. The minimum Gasteiger partial charge on any atom is -0.772 e. The van der Waals surface area contributed by atoms with Crippen LogP contribution >= 0.6 is 11.6 Å². The minimum atomic E-state index is -2.49. The molecule has 0 saturated heterocycles. The highest BCUT2D eigenvalue weighted by Gasteiger charge is 2.40. The molecule has 0 N–H and O–H groups in total. The van der Waals surface area contributed by atoms with E-state index in [0.29, 0.717) is 31.2 Å². The van der Waals surface area contributed by atoms with E-state index in [9.17, 15) is 23.7 Å². The van der Waals surface area contributed by atoms with Crippen molar-refractivity contribution in [3.05, 3.63) is 38.9 Å². The molecule has 1 atom stereocenters. The van der Waals surface area contributed by atoms with Crippen LogP contribution in [0.3, 0.4) is 0 Å². The monoisotopic (exact) mass is 344 g/mol. The van der Waals surface area contributed by atoms with Gasteiger partial charge in [-0.1, -0.05) is 19.3 Å². The second-order valence-electron chi connectivity index (χ2n) is 5.50. The highest BCUT2D eigenvalue weighted by molar-refractivity contribution is 7.80. The molecule has 0 bridgehead atoms. The highest BCUT2D eigenvalue weighted by Crippen LogP contribution is 2.46. The number of aryl methyl sites for hydroxylation is 1. The summed E-state index contributed by atoms with van der Waals surface area (Å²) < 4.78 is 22.5. The van der Waals surface area contributed by atoms with Gasteiger partial charge >= 0.3 is 0 Å². The molecule has 1 aliphatic carbocycles. The number of nitrogens with zero attached hydrogens (tertiary/aromatic N) is 1. The quantitative estimate of drug-likeness (QED) is 0.361. The van der Waals surface area contributed by atoms with Crippen molar-refractivity contribution in [3.8, 4) is 0 Å². The first-order valence-corrected chi connectivity index (χ1v) is 8.33. The van der Waals surface area contributed by atoms with Crippen LogP contribution in [-0.4, -0.2) is 18.9 Å². The normalized spacial score (nSPS) is 18.7. The number of hydrogen-bond donors (Lipinski definition) is 0. The van der Waals surface area contributed by atoms with Gasteiger partial charge in [-0.2, -0.15) is 0 Å². The lowest BCUT2D eigenvalue weighted by Crippen LogP contribution is -2.34. The molecule has 0 amide bonds. The molecule has 22 heavy (non-hydrogen) atoms. The van der Waals surface area contributed by atoms with Gasteiger partial charge in [0.1, 0.15) is 0 Å². The van der Waals surface area contributed by atoms with Crippen LogP contribution in [0.5, 0.6) is 0 Å². The fourth-order valence-electron chi connectivity index (χ4n) is 3.07.